The third kappa shape index (κ3) is 1.71. The van der Waals surface area contributed by atoms with Crippen molar-refractivity contribution in [3.63, 3.8) is 0 Å². The Bertz CT molecular complexity index is 517. The molecule has 2 nitrogen and oxygen atoms in total. The molecule has 0 unspecified atom stereocenters. The lowest BCUT2D eigenvalue weighted by molar-refractivity contribution is -0.0436. The smallest absolute Gasteiger partial charge is 0.214 e. The molecule has 1 radical (unpaired) electrons. The van der Waals surface area contributed by atoms with Crippen LogP contribution in [0.15, 0.2) is 23.1 Å². The lowest BCUT2D eigenvalue weighted by atomic mass is 10.1. The van der Waals surface area contributed by atoms with Crippen LogP contribution in [0.3, 0.4) is 0 Å². The van der Waals surface area contributed by atoms with Crippen molar-refractivity contribution in [2.75, 3.05) is 0 Å². The predicted octanol–water partition coefficient (Wildman–Crippen LogP) is 2.48. The fourth-order valence-corrected chi connectivity index (χ4v) is 2.49. The van der Waals surface area contributed by atoms with Gasteiger partial charge in [0, 0.05) is 0 Å². The summed E-state index contributed by atoms with van der Waals surface area (Å²) in [4.78, 5) is -0.672. The predicted molar refractivity (Wildman–Crippen MR) is 51.4 cm³/mol. The summed E-state index contributed by atoms with van der Waals surface area (Å²) in [6.45, 7) is 0. The maximum atomic E-state index is 12.3. The molecule has 0 saturated heterocycles. The van der Waals surface area contributed by atoms with Gasteiger partial charge in [0.05, 0.1) is 4.90 Å². The van der Waals surface area contributed by atoms with Crippen molar-refractivity contribution in [3.05, 3.63) is 35.7 Å². The van der Waals surface area contributed by atoms with Crippen molar-refractivity contribution in [1.29, 1.82) is 0 Å². The minimum Gasteiger partial charge on any atom is -0.214 e. The molecule has 0 saturated carbocycles. The van der Waals surface area contributed by atoms with Gasteiger partial charge in [0.1, 0.15) is 0 Å². The minimum atomic E-state index is -5.23. The number of benzene rings is 1. The molecule has 1 aromatic carbocycles. The first-order valence-electron chi connectivity index (χ1n) is 4.60. The van der Waals surface area contributed by atoms with Gasteiger partial charge in [-0.15, -0.1) is 0 Å². The van der Waals surface area contributed by atoms with Gasteiger partial charge in [-0.05, 0) is 42.5 Å². The van der Waals surface area contributed by atoms with Gasteiger partial charge in [-0.2, -0.15) is 13.2 Å². The van der Waals surface area contributed by atoms with Gasteiger partial charge in [-0.1, -0.05) is 6.07 Å². The summed E-state index contributed by atoms with van der Waals surface area (Å²) in [5.74, 6) is 0. The molecule has 0 N–H and O–H groups in total. The van der Waals surface area contributed by atoms with Crippen LogP contribution in [0.25, 0.3) is 0 Å². The molecular weight excluding hydrogens is 241 g/mol. The average Bonchev–Trinajstić information content (AvgIpc) is 2.61. The zero-order valence-electron chi connectivity index (χ0n) is 8.08. The molecule has 0 heterocycles. The van der Waals surface area contributed by atoms with Gasteiger partial charge in [0.15, 0.2) is 0 Å². The zero-order valence-corrected chi connectivity index (χ0v) is 8.90. The van der Waals surface area contributed by atoms with E-state index in [-0.39, 0.29) is 0 Å². The molecule has 0 aromatic heterocycles. The van der Waals surface area contributed by atoms with E-state index in [2.05, 4.69) is 0 Å². The van der Waals surface area contributed by atoms with E-state index in [0.29, 0.717) is 12.0 Å². The Balaban J connectivity index is 2.51. The van der Waals surface area contributed by atoms with Crippen LogP contribution in [-0.2, 0) is 16.3 Å². The summed E-state index contributed by atoms with van der Waals surface area (Å²) in [5.41, 5.74) is -3.75. The Kier molecular flexibility index (Phi) is 2.49. The second-order valence-corrected chi connectivity index (χ2v) is 5.49. The summed E-state index contributed by atoms with van der Waals surface area (Å²) in [7, 11) is -5.21. The van der Waals surface area contributed by atoms with Crippen LogP contribution < -0.4 is 0 Å². The fraction of sp³-hybridized carbons (Fsp3) is 0.300. The van der Waals surface area contributed by atoms with Gasteiger partial charge in [0.25, 0.3) is 9.84 Å². The van der Waals surface area contributed by atoms with E-state index in [1.807, 2.05) is 6.42 Å². The van der Waals surface area contributed by atoms with E-state index in [1.165, 1.54) is 6.07 Å². The van der Waals surface area contributed by atoms with Crippen LogP contribution in [0.4, 0.5) is 13.2 Å². The van der Waals surface area contributed by atoms with E-state index in [9.17, 15) is 21.6 Å². The number of fused-ring (bicyclic) bond motifs is 1. The topological polar surface area (TPSA) is 34.1 Å². The number of hydrogen-bond donors (Lipinski definition) is 0. The van der Waals surface area contributed by atoms with Gasteiger partial charge < -0.3 is 0 Å². The Hall–Kier alpha value is -1.04. The maximum Gasteiger partial charge on any atom is 0.501 e. The Morgan fingerprint density at radius 1 is 1.19 bits per heavy atom. The highest BCUT2D eigenvalue weighted by atomic mass is 32.2. The summed E-state index contributed by atoms with van der Waals surface area (Å²) < 4.78 is 59.1. The van der Waals surface area contributed by atoms with Crippen LogP contribution in [0.1, 0.15) is 17.5 Å². The van der Waals surface area contributed by atoms with E-state index < -0.39 is 20.2 Å². The second-order valence-electron chi connectivity index (χ2n) is 3.55. The fourth-order valence-electron chi connectivity index (χ4n) is 1.68. The number of halogens is 3. The first kappa shape index (κ1) is 11.4. The highest BCUT2D eigenvalue weighted by molar-refractivity contribution is 7.92. The lowest BCUT2D eigenvalue weighted by Crippen LogP contribution is -2.23. The summed E-state index contributed by atoms with van der Waals surface area (Å²) in [5, 5.41) is 0. The molecular formula is C10H8F3O2S. The molecule has 2 rings (SSSR count). The molecule has 6 heteroatoms. The van der Waals surface area contributed by atoms with Crippen molar-refractivity contribution in [2.24, 2.45) is 0 Å². The molecule has 1 aliphatic rings. The van der Waals surface area contributed by atoms with Gasteiger partial charge in [-0.25, -0.2) is 8.42 Å². The van der Waals surface area contributed by atoms with Crippen LogP contribution in [0, 0.1) is 6.42 Å². The molecule has 0 fully saturated rings. The molecule has 0 atom stereocenters. The first-order chi connectivity index (χ1) is 7.32. The second kappa shape index (κ2) is 3.48. The lowest BCUT2D eigenvalue weighted by Gasteiger charge is -2.09. The van der Waals surface area contributed by atoms with Crippen LogP contribution in [0.2, 0.25) is 0 Å². The van der Waals surface area contributed by atoms with E-state index >= 15 is 0 Å². The Morgan fingerprint density at radius 3 is 2.50 bits per heavy atom. The monoisotopic (exact) mass is 249 g/mol. The minimum absolute atomic E-state index is 0.594. The summed E-state index contributed by atoms with van der Waals surface area (Å²) in [6, 6.07) is 3.53. The summed E-state index contributed by atoms with van der Waals surface area (Å²) >= 11 is 0. The number of sulfone groups is 1. The number of rotatable bonds is 1. The van der Waals surface area contributed by atoms with Crippen LogP contribution in [0.5, 0.6) is 0 Å². The van der Waals surface area contributed by atoms with Crippen molar-refractivity contribution in [1.82, 2.24) is 0 Å². The van der Waals surface area contributed by atoms with Crippen molar-refractivity contribution in [2.45, 2.75) is 23.2 Å². The largest absolute Gasteiger partial charge is 0.501 e. The highest BCUT2D eigenvalue weighted by Crippen LogP contribution is 2.33. The molecule has 87 valence electrons. The quantitative estimate of drug-likeness (QED) is 0.766. The maximum absolute atomic E-state index is 12.3. The average molecular weight is 249 g/mol. The van der Waals surface area contributed by atoms with Gasteiger partial charge >= 0.3 is 5.51 Å². The molecule has 16 heavy (non-hydrogen) atoms. The van der Waals surface area contributed by atoms with E-state index in [0.717, 1.165) is 24.1 Å². The van der Waals surface area contributed by atoms with E-state index in [4.69, 9.17) is 0 Å². The molecule has 0 amide bonds. The Labute approximate surface area is 91.0 Å². The van der Waals surface area contributed by atoms with Gasteiger partial charge in [-0.3, -0.25) is 0 Å². The molecule has 0 bridgehead atoms. The first-order valence-corrected chi connectivity index (χ1v) is 6.08. The van der Waals surface area contributed by atoms with E-state index in [1.54, 1.807) is 0 Å². The van der Waals surface area contributed by atoms with Crippen molar-refractivity contribution in [3.8, 4) is 0 Å². The number of hydrogen-bond acceptors (Lipinski definition) is 2. The molecule has 0 aliphatic heterocycles. The van der Waals surface area contributed by atoms with Crippen LogP contribution in [-0.4, -0.2) is 13.9 Å². The van der Waals surface area contributed by atoms with Crippen molar-refractivity contribution < 1.29 is 21.6 Å². The SMILES string of the molecule is O=S(=O)(c1ccc2c(c1)CC[CH]2)C(F)(F)F. The van der Waals surface area contributed by atoms with Gasteiger partial charge in [0.2, 0.25) is 0 Å². The zero-order chi connectivity index (χ0) is 12.0. The normalized spacial score (nSPS) is 16.2. The summed E-state index contributed by atoms with van der Waals surface area (Å²) in [6.07, 6.45) is 3.21. The molecule has 1 aliphatic carbocycles. The highest BCUT2D eigenvalue weighted by Gasteiger charge is 2.47. The molecule has 0 spiro atoms. The number of aryl methyl sites for hydroxylation is 1. The third-order valence-corrected chi connectivity index (χ3v) is 3.99. The Morgan fingerprint density at radius 2 is 1.88 bits per heavy atom. The number of alkyl halides is 3. The third-order valence-electron chi connectivity index (χ3n) is 2.51. The standard InChI is InChI=1S/C10H8F3O2S/c11-10(12,13)16(14,15)9-5-4-7-2-1-3-8(7)6-9/h2,4-6H,1,3H2. The molecule has 1 aromatic rings. The van der Waals surface area contributed by atoms with Crippen molar-refractivity contribution >= 4 is 9.84 Å². The van der Waals surface area contributed by atoms with Crippen LogP contribution >= 0.6 is 0 Å².